The van der Waals surface area contributed by atoms with Gasteiger partial charge in [-0.05, 0) is 65.7 Å². The van der Waals surface area contributed by atoms with Crippen molar-refractivity contribution in [1.29, 1.82) is 0 Å². The van der Waals surface area contributed by atoms with E-state index in [4.69, 9.17) is 0 Å². The highest BCUT2D eigenvalue weighted by Crippen LogP contribution is 2.11. The number of nitrogens with one attached hydrogen (secondary N) is 2. The fourth-order valence-electron chi connectivity index (χ4n) is 5.55. The minimum absolute atomic E-state index is 0. The summed E-state index contributed by atoms with van der Waals surface area (Å²) in [5, 5.41) is 6.20. The topological polar surface area (TPSA) is 64.7 Å². The summed E-state index contributed by atoms with van der Waals surface area (Å²) >= 11 is 0. The number of rotatable bonds is 34. The molecule has 0 rings (SSSR count). The lowest BCUT2D eigenvalue weighted by Gasteiger charge is -2.16. The number of amides is 2. The zero-order valence-electron chi connectivity index (χ0n) is 30.9. The van der Waals surface area contributed by atoms with Crippen LogP contribution in [0.25, 0.3) is 0 Å². The summed E-state index contributed by atoms with van der Waals surface area (Å²) in [6.45, 7) is 10.2. The molecule has 0 unspecified atom stereocenters. The molecule has 0 radical (unpaired) electrons. The van der Waals surface area contributed by atoms with Crippen LogP contribution in [0.1, 0.15) is 168 Å². The molecule has 6 nitrogen and oxygen atoms in total. The zero-order chi connectivity index (χ0) is 32.4. The third kappa shape index (κ3) is 39.7. The first-order chi connectivity index (χ1) is 21.5. The Morgan fingerprint density at radius 2 is 0.891 bits per heavy atom. The maximum atomic E-state index is 12.1. The molecule has 0 spiro atoms. The average molecular weight is 783 g/mol. The van der Waals surface area contributed by atoms with Crippen LogP contribution < -0.4 is 10.6 Å². The van der Waals surface area contributed by atoms with E-state index in [9.17, 15) is 9.59 Å². The van der Waals surface area contributed by atoms with E-state index in [-0.39, 0.29) is 45.8 Å². The molecule has 0 aromatic carbocycles. The maximum absolute atomic E-state index is 12.1. The van der Waals surface area contributed by atoms with Crippen LogP contribution in [0.5, 0.6) is 0 Å². The lowest BCUT2D eigenvalue weighted by atomic mass is 10.1. The van der Waals surface area contributed by atoms with Crippen LogP contribution in [0.3, 0.4) is 0 Å². The van der Waals surface area contributed by atoms with Gasteiger partial charge in [-0.25, -0.2) is 0 Å². The van der Waals surface area contributed by atoms with Gasteiger partial charge in [-0.3, -0.25) is 9.59 Å². The van der Waals surface area contributed by atoms with Gasteiger partial charge in [-0.1, -0.05) is 129 Å². The number of unbranched alkanes of at least 4 members (excludes halogenated alkanes) is 17. The largest absolute Gasteiger partial charge is 0.356 e. The lowest BCUT2D eigenvalue weighted by molar-refractivity contribution is -0.122. The van der Waals surface area contributed by atoms with Crippen molar-refractivity contribution in [1.82, 2.24) is 20.4 Å². The molecule has 0 aromatic heterocycles. The molecule has 8 heteroatoms. The van der Waals surface area contributed by atoms with E-state index in [0.29, 0.717) is 12.8 Å². The van der Waals surface area contributed by atoms with Gasteiger partial charge in [0.05, 0.1) is 0 Å². The molecule has 0 bridgehead atoms. The van der Waals surface area contributed by atoms with Crippen molar-refractivity contribution in [2.45, 2.75) is 168 Å². The molecule has 0 aromatic rings. The average Bonchev–Trinajstić information content (AvgIpc) is 3.01. The van der Waals surface area contributed by atoms with Crippen LogP contribution in [0.2, 0.25) is 0 Å². The molecule has 0 heterocycles. The highest BCUT2D eigenvalue weighted by Gasteiger charge is 2.03. The molecule has 0 aliphatic heterocycles. The molecule has 0 fully saturated rings. The van der Waals surface area contributed by atoms with E-state index < -0.39 is 0 Å². The summed E-state index contributed by atoms with van der Waals surface area (Å²) in [4.78, 5) is 28.8. The van der Waals surface area contributed by atoms with Crippen LogP contribution in [0, 0.1) is 0 Å². The summed E-state index contributed by atoms with van der Waals surface area (Å²) in [7, 11) is 4.34. The minimum atomic E-state index is 0. The monoisotopic (exact) mass is 780 g/mol. The standard InChI is InChI=1S/C38H76N4O2.2BrH/c1-5-7-9-11-13-15-17-19-22-29-37(43)39-31-24-27-35-41(3)33-25-21-26-34-42(4)36-28-32-40-38(44)30-23-20-18-16-14-12-10-8-6-2;;/h21,25H,5-20,22-24,26-36H2,1-4H3,(H,39,43)(H,40,44);2*1H. The number of hydrogen-bond donors (Lipinski definition) is 2. The minimum Gasteiger partial charge on any atom is -0.356 e. The molecule has 0 aliphatic carbocycles. The third-order valence-electron chi connectivity index (χ3n) is 8.60. The number of nitrogens with zero attached hydrogens (tertiary/aromatic N) is 2. The Hall–Kier alpha value is -0.440. The third-order valence-corrected chi connectivity index (χ3v) is 8.60. The summed E-state index contributed by atoms with van der Waals surface area (Å²) < 4.78 is 0. The second-order valence-corrected chi connectivity index (χ2v) is 13.2. The van der Waals surface area contributed by atoms with Gasteiger partial charge >= 0.3 is 0 Å². The molecule has 0 saturated carbocycles. The molecule has 2 N–H and O–H groups in total. The number of likely N-dealkylation sites (N-methyl/N-ethyl adjacent to an activating group) is 1. The highest BCUT2D eigenvalue weighted by molar-refractivity contribution is 8.93. The fraction of sp³-hybridized carbons (Fsp3) is 0.895. The van der Waals surface area contributed by atoms with Gasteiger partial charge in [-0.15, -0.1) is 34.0 Å². The van der Waals surface area contributed by atoms with Gasteiger partial charge in [0.25, 0.3) is 0 Å². The van der Waals surface area contributed by atoms with Crippen LogP contribution in [-0.4, -0.2) is 75.0 Å². The molecule has 0 aliphatic rings. The first-order valence-corrected chi connectivity index (χ1v) is 19.0. The lowest BCUT2D eigenvalue weighted by Crippen LogP contribution is -2.28. The number of carbonyl (C=O) groups excluding carboxylic acids is 2. The van der Waals surface area contributed by atoms with Crippen molar-refractivity contribution >= 4 is 45.8 Å². The quantitative estimate of drug-likeness (QED) is 0.0504. The van der Waals surface area contributed by atoms with Gasteiger partial charge in [0.2, 0.25) is 11.8 Å². The van der Waals surface area contributed by atoms with E-state index in [1.165, 1.54) is 103 Å². The zero-order valence-corrected chi connectivity index (χ0v) is 34.3. The Bertz CT molecular complexity index is 667. The van der Waals surface area contributed by atoms with Crippen molar-refractivity contribution in [2.75, 3.05) is 53.4 Å². The van der Waals surface area contributed by atoms with Crippen molar-refractivity contribution in [3.63, 3.8) is 0 Å². The predicted molar refractivity (Wildman–Crippen MR) is 213 cm³/mol. The highest BCUT2D eigenvalue weighted by atomic mass is 79.9. The maximum Gasteiger partial charge on any atom is 0.219 e. The SMILES string of the molecule is Br.Br.CCCCCCCCCCCC(=O)NCCCCN(C)CC=CCCN(C)CCCNC(=O)CCCCCCCCCCC. The summed E-state index contributed by atoms with van der Waals surface area (Å²) in [6, 6.07) is 0. The van der Waals surface area contributed by atoms with Gasteiger partial charge in [0.15, 0.2) is 0 Å². The number of halogens is 2. The Balaban J connectivity index is -0.00000924. The second-order valence-electron chi connectivity index (χ2n) is 13.2. The van der Waals surface area contributed by atoms with Crippen molar-refractivity contribution in [3.8, 4) is 0 Å². The molecule has 276 valence electrons. The summed E-state index contributed by atoms with van der Waals surface area (Å²) in [5.74, 6) is 0.444. The van der Waals surface area contributed by atoms with Crippen LogP contribution in [0.15, 0.2) is 12.2 Å². The molecular weight excluding hydrogens is 704 g/mol. The van der Waals surface area contributed by atoms with Gasteiger partial charge < -0.3 is 20.4 Å². The van der Waals surface area contributed by atoms with E-state index >= 15 is 0 Å². The van der Waals surface area contributed by atoms with E-state index in [1.807, 2.05) is 0 Å². The van der Waals surface area contributed by atoms with Gasteiger partial charge in [0, 0.05) is 39.0 Å². The van der Waals surface area contributed by atoms with Crippen molar-refractivity contribution in [2.24, 2.45) is 0 Å². The first kappa shape index (κ1) is 49.9. The van der Waals surface area contributed by atoms with Crippen molar-refractivity contribution in [3.05, 3.63) is 12.2 Å². The van der Waals surface area contributed by atoms with Crippen LogP contribution in [0.4, 0.5) is 0 Å². The second kappa shape index (κ2) is 40.7. The fourth-order valence-corrected chi connectivity index (χ4v) is 5.55. The Morgan fingerprint density at radius 1 is 0.478 bits per heavy atom. The smallest absolute Gasteiger partial charge is 0.219 e. The predicted octanol–water partition coefficient (Wildman–Crippen LogP) is 10.2. The van der Waals surface area contributed by atoms with Gasteiger partial charge in [0.1, 0.15) is 0 Å². The number of hydrogen-bond acceptors (Lipinski definition) is 4. The molecule has 0 atom stereocenters. The first-order valence-electron chi connectivity index (χ1n) is 19.0. The summed E-state index contributed by atoms with van der Waals surface area (Å²) in [5.41, 5.74) is 0. The van der Waals surface area contributed by atoms with Gasteiger partial charge in [-0.2, -0.15) is 0 Å². The number of carbonyl (C=O) groups is 2. The molecule has 2 amide bonds. The Morgan fingerprint density at radius 3 is 1.37 bits per heavy atom. The Kier molecular flexibility index (Phi) is 44.2. The normalized spacial score (nSPS) is 11.2. The molecule has 0 saturated heterocycles. The Labute approximate surface area is 308 Å². The van der Waals surface area contributed by atoms with Crippen molar-refractivity contribution < 1.29 is 9.59 Å². The van der Waals surface area contributed by atoms with E-state index in [2.05, 4.69) is 60.5 Å². The molecule has 46 heavy (non-hydrogen) atoms. The van der Waals surface area contributed by atoms with E-state index in [1.54, 1.807) is 0 Å². The summed E-state index contributed by atoms with van der Waals surface area (Å²) in [6.07, 6.45) is 33.4. The van der Waals surface area contributed by atoms with Crippen LogP contribution in [-0.2, 0) is 9.59 Å². The van der Waals surface area contributed by atoms with Crippen LogP contribution >= 0.6 is 34.0 Å². The van der Waals surface area contributed by atoms with E-state index in [0.717, 1.165) is 77.8 Å². The molecular formula is C38H78Br2N4O2.